The van der Waals surface area contributed by atoms with E-state index in [1.165, 1.54) is 12.1 Å². The van der Waals surface area contributed by atoms with Gasteiger partial charge in [0.2, 0.25) is 0 Å². The molecule has 0 saturated heterocycles. The van der Waals surface area contributed by atoms with Gasteiger partial charge in [-0.15, -0.1) is 0 Å². The monoisotopic (exact) mass is 414 g/mol. The molecule has 0 amide bonds. The van der Waals surface area contributed by atoms with Crippen molar-refractivity contribution in [3.8, 4) is 11.5 Å². The Morgan fingerprint density at radius 1 is 1.24 bits per heavy atom. The standard InChI is InChI=1S/C14H12Br2N2O3/c1-2-17-10-6-11(18(19)20)8-12(7-10)21-14-4-3-9(15)5-13(14)16/h3-8,17H,2H2,1H3. The predicted molar refractivity (Wildman–Crippen MR) is 89.2 cm³/mol. The minimum Gasteiger partial charge on any atom is -0.456 e. The Morgan fingerprint density at radius 3 is 2.62 bits per heavy atom. The van der Waals surface area contributed by atoms with E-state index in [1.807, 2.05) is 19.1 Å². The van der Waals surface area contributed by atoms with Gasteiger partial charge in [0, 0.05) is 28.8 Å². The third kappa shape index (κ3) is 4.18. The topological polar surface area (TPSA) is 64.4 Å². The number of hydrogen-bond donors (Lipinski definition) is 1. The van der Waals surface area contributed by atoms with Crippen LogP contribution in [0.5, 0.6) is 11.5 Å². The number of hydrogen-bond acceptors (Lipinski definition) is 4. The SMILES string of the molecule is CCNc1cc(Oc2ccc(Br)cc2Br)cc([N+](=O)[O-])c1. The molecule has 0 aliphatic carbocycles. The van der Waals surface area contributed by atoms with E-state index in [9.17, 15) is 10.1 Å². The van der Waals surface area contributed by atoms with Crippen molar-refractivity contribution in [1.29, 1.82) is 0 Å². The van der Waals surface area contributed by atoms with Crippen molar-refractivity contribution in [2.45, 2.75) is 6.92 Å². The van der Waals surface area contributed by atoms with Crippen molar-refractivity contribution in [2.24, 2.45) is 0 Å². The van der Waals surface area contributed by atoms with Crippen LogP contribution in [0.15, 0.2) is 45.3 Å². The molecule has 5 nitrogen and oxygen atoms in total. The van der Waals surface area contributed by atoms with Crippen LogP contribution in [0.1, 0.15) is 6.92 Å². The van der Waals surface area contributed by atoms with Crippen LogP contribution in [0, 0.1) is 10.1 Å². The van der Waals surface area contributed by atoms with Gasteiger partial charge in [-0.25, -0.2) is 0 Å². The summed E-state index contributed by atoms with van der Waals surface area (Å²) < 4.78 is 7.40. The number of nitrogens with zero attached hydrogens (tertiary/aromatic N) is 1. The summed E-state index contributed by atoms with van der Waals surface area (Å²) in [6, 6.07) is 10.1. The van der Waals surface area contributed by atoms with Gasteiger partial charge in [0.1, 0.15) is 11.5 Å². The number of non-ortho nitro benzene ring substituents is 1. The molecule has 0 aliphatic heterocycles. The van der Waals surface area contributed by atoms with Crippen LogP contribution < -0.4 is 10.1 Å². The lowest BCUT2D eigenvalue weighted by Crippen LogP contribution is -1.98. The van der Waals surface area contributed by atoms with Crippen LogP contribution in [0.25, 0.3) is 0 Å². The van der Waals surface area contributed by atoms with Crippen LogP contribution in [0.4, 0.5) is 11.4 Å². The minimum atomic E-state index is -0.440. The van der Waals surface area contributed by atoms with Crippen LogP contribution in [0.3, 0.4) is 0 Å². The van der Waals surface area contributed by atoms with Crippen molar-refractivity contribution in [3.63, 3.8) is 0 Å². The van der Waals surface area contributed by atoms with Gasteiger partial charge in [-0.3, -0.25) is 10.1 Å². The van der Waals surface area contributed by atoms with Crippen LogP contribution in [-0.2, 0) is 0 Å². The fourth-order valence-corrected chi connectivity index (χ4v) is 2.87. The second-order valence-corrected chi connectivity index (χ2v) is 5.95. The largest absolute Gasteiger partial charge is 0.456 e. The van der Waals surface area contributed by atoms with Crippen molar-refractivity contribution in [3.05, 3.63) is 55.5 Å². The number of ether oxygens (including phenoxy) is 1. The molecular weight excluding hydrogens is 404 g/mol. The molecule has 0 unspecified atom stereocenters. The molecule has 1 N–H and O–H groups in total. The Labute approximate surface area is 138 Å². The maximum absolute atomic E-state index is 11.0. The molecule has 0 heterocycles. The summed E-state index contributed by atoms with van der Waals surface area (Å²) in [5.41, 5.74) is 0.631. The zero-order chi connectivity index (χ0) is 15.4. The van der Waals surface area contributed by atoms with E-state index in [-0.39, 0.29) is 5.69 Å². The van der Waals surface area contributed by atoms with Crippen LogP contribution in [0.2, 0.25) is 0 Å². The summed E-state index contributed by atoms with van der Waals surface area (Å²) in [5, 5.41) is 14.0. The Hall–Kier alpha value is -1.60. The number of nitro benzene ring substituents is 1. The lowest BCUT2D eigenvalue weighted by molar-refractivity contribution is -0.384. The number of nitro groups is 1. The molecule has 0 atom stereocenters. The first-order chi connectivity index (χ1) is 9.99. The second-order valence-electron chi connectivity index (χ2n) is 4.18. The molecule has 0 radical (unpaired) electrons. The molecule has 21 heavy (non-hydrogen) atoms. The van der Waals surface area contributed by atoms with E-state index >= 15 is 0 Å². The molecule has 0 spiro atoms. The predicted octanol–water partition coefficient (Wildman–Crippen LogP) is 5.34. The zero-order valence-corrected chi connectivity index (χ0v) is 14.3. The van der Waals surface area contributed by atoms with Gasteiger partial charge in [0.05, 0.1) is 15.5 Å². The fraction of sp³-hybridized carbons (Fsp3) is 0.143. The van der Waals surface area contributed by atoms with Gasteiger partial charge >= 0.3 is 0 Å². The molecule has 2 rings (SSSR count). The fourth-order valence-electron chi connectivity index (χ4n) is 1.74. The normalized spacial score (nSPS) is 10.2. The van der Waals surface area contributed by atoms with E-state index in [1.54, 1.807) is 12.1 Å². The highest BCUT2D eigenvalue weighted by Crippen LogP contribution is 2.34. The first-order valence-corrected chi connectivity index (χ1v) is 7.74. The molecular formula is C14H12Br2N2O3. The molecule has 0 fully saturated rings. The van der Waals surface area contributed by atoms with Crippen molar-refractivity contribution < 1.29 is 9.66 Å². The average molecular weight is 416 g/mol. The third-order valence-electron chi connectivity index (χ3n) is 2.60. The summed E-state index contributed by atoms with van der Waals surface area (Å²) in [6.45, 7) is 2.59. The maximum atomic E-state index is 11.0. The van der Waals surface area contributed by atoms with Gasteiger partial charge in [0.25, 0.3) is 5.69 Å². The Bertz CT molecular complexity index is 677. The van der Waals surface area contributed by atoms with E-state index in [0.717, 1.165) is 8.95 Å². The highest BCUT2D eigenvalue weighted by molar-refractivity contribution is 9.11. The summed E-state index contributed by atoms with van der Waals surface area (Å²) in [6.07, 6.45) is 0. The van der Waals surface area contributed by atoms with Crippen molar-refractivity contribution >= 4 is 43.2 Å². The van der Waals surface area contributed by atoms with Gasteiger partial charge in [-0.05, 0) is 41.1 Å². The summed E-state index contributed by atoms with van der Waals surface area (Å²) >= 11 is 6.76. The molecule has 0 saturated carbocycles. The van der Waals surface area contributed by atoms with Crippen molar-refractivity contribution in [2.75, 3.05) is 11.9 Å². The molecule has 110 valence electrons. The number of anilines is 1. The van der Waals surface area contributed by atoms with E-state index < -0.39 is 4.92 Å². The molecule has 2 aromatic rings. The van der Waals surface area contributed by atoms with Gasteiger partial charge in [-0.2, -0.15) is 0 Å². The van der Waals surface area contributed by atoms with E-state index in [0.29, 0.717) is 23.7 Å². The highest BCUT2D eigenvalue weighted by atomic mass is 79.9. The van der Waals surface area contributed by atoms with E-state index in [2.05, 4.69) is 37.2 Å². The smallest absolute Gasteiger partial charge is 0.275 e. The van der Waals surface area contributed by atoms with Crippen LogP contribution in [-0.4, -0.2) is 11.5 Å². The molecule has 2 aromatic carbocycles. The molecule has 7 heteroatoms. The number of halogens is 2. The number of benzene rings is 2. The van der Waals surface area contributed by atoms with Gasteiger partial charge < -0.3 is 10.1 Å². The first kappa shape index (κ1) is 15.8. The number of rotatable bonds is 5. The lowest BCUT2D eigenvalue weighted by atomic mass is 10.2. The first-order valence-electron chi connectivity index (χ1n) is 6.16. The van der Waals surface area contributed by atoms with Crippen LogP contribution >= 0.6 is 31.9 Å². The van der Waals surface area contributed by atoms with Gasteiger partial charge in [0.15, 0.2) is 0 Å². The molecule has 0 bridgehead atoms. The number of nitrogens with one attached hydrogen (secondary N) is 1. The third-order valence-corrected chi connectivity index (χ3v) is 3.72. The minimum absolute atomic E-state index is 0.0170. The second kappa shape index (κ2) is 6.91. The quantitative estimate of drug-likeness (QED) is 0.528. The molecule has 0 aliphatic rings. The van der Waals surface area contributed by atoms with Gasteiger partial charge in [-0.1, -0.05) is 15.9 Å². The lowest BCUT2D eigenvalue weighted by Gasteiger charge is -2.10. The Kier molecular flexibility index (Phi) is 5.19. The summed E-state index contributed by atoms with van der Waals surface area (Å²) in [5.74, 6) is 0.990. The zero-order valence-electron chi connectivity index (χ0n) is 11.1. The summed E-state index contributed by atoms with van der Waals surface area (Å²) in [4.78, 5) is 10.5. The van der Waals surface area contributed by atoms with E-state index in [4.69, 9.17) is 4.74 Å². The Morgan fingerprint density at radius 2 is 2.00 bits per heavy atom. The highest BCUT2D eigenvalue weighted by Gasteiger charge is 2.12. The molecule has 0 aromatic heterocycles. The maximum Gasteiger partial charge on any atom is 0.275 e. The van der Waals surface area contributed by atoms with Crippen molar-refractivity contribution in [1.82, 2.24) is 0 Å². The summed E-state index contributed by atoms with van der Waals surface area (Å²) in [7, 11) is 0. The average Bonchev–Trinajstić information content (AvgIpc) is 2.42. The Balaban J connectivity index is 2.36.